The van der Waals surface area contributed by atoms with Gasteiger partial charge in [-0.1, -0.05) is 24.0 Å². The van der Waals surface area contributed by atoms with Crippen LogP contribution in [0.4, 0.5) is 0 Å². The molecule has 0 bridgehead atoms. The first-order chi connectivity index (χ1) is 10.1. The monoisotopic (exact) mass is 308 g/mol. The molecule has 1 fully saturated rings. The Bertz CT molecular complexity index is 646. The fourth-order valence-electron chi connectivity index (χ4n) is 2.47. The number of aliphatic hydroxyl groups is 1. The molecular formula is C15H20N2O3S. The summed E-state index contributed by atoms with van der Waals surface area (Å²) >= 11 is 0. The first-order valence-electron chi connectivity index (χ1n) is 6.98. The number of nitrogens with zero attached hydrogens (tertiary/aromatic N) is 1. The first-order valence-corrected chi connectivity index (χ1v) is 8.42. The summed E-state index contributed by atoms with van der Waals surface area (Å²) in [6, 6.07) is 6.70. The minimum absolute atomic E-state index is 0.0100. The number of sulfonamides is 1. The Kier molecular flexibility index (Phi) is 5.37. The molecule has 3 N–H and O–H groups in total. The summed E-state index contributed by atoms with van der Waals surface area (Å²) < 4.78 is 27.0. The Hall–Kier alpha value is -1.39. The minimum Gasteiger partial charge on any atom is -0.396 e. The van der Waals surface area contributed by atoms with E-state index in [4.69, 9.17) is 5.73 Å². The molecule has 5 nitrogen and oxygen atoms in total. The van der Waals surface area contributed by atoms with E-state index < -0.39 is 10.0 Å². The summed E-state index contributed by atoms with van der Waals surface area (Å²) in [4.78, 5) is 0.213. The van der Waals surface area contributed by atoms with Crippen LogP contribution in [0.5, 0.6) is 0 Å². The van der Waals surface area contributed by atoms with Gasteiger partial charge < -0.3 is 10.8 Å². The van der Waals surface area contributed by atoms with E-state index in [1.54, 1.807) is 24.3 Å². The maximum absolute atomic E-state index is 12.8. The third kappa shape index (κ3) is 3.63. The molecule has 6 heteroatoms. The van der Waals surface area contributed by atoms with Crippen LogP contribution in [-0.4, -0.2) is 44.1 Å². The Balaban J connectivity index is 2.35. The summed E-state index contributed by atoms with van der Waals surface area (Å²) in [5.41, 5.74) is 5.82. The summed E-state index contributed by atoms with van der Waals surface area (Å²) in [6.07, 6.45) is 1.62. The van der Waals surface area contributed by atoms with Crippen LogP contribution in [-0.2, 0) is 10.0 Å². The summed E-state index contributed by atoms with van der Waals surface area (Å²) in [5.74, 6) is 5.52. The van der Waals surface area contributed by atoms with Gasteiger partial charge in [-0.25, -0.2) is 8.42 Å². The van der Waals surface area contributed by atoms with Crippen molar-refractivity contribution in [1.82, 2.24) is 4.31 Å². The molecule has 1 aliphatic heterocycles. The molecule has 1 atom stereocenters. The Labute approximate surface area is 125 Å². The molecule has 0 saturated carbocycles. The lowest BCUT2D eigenvalue weighted by Crippen LogP contribution is -2.41. The molecule has 1 aromatic rings. The van der Waals surface area contributed by atoms with Crippen LogP contribution in [0.3, 0.4) is 0 Å². The highest BCUT2D eigenvalue weighted by Gasteiger charge is 2.31. The SMILES string of the molecule is NCC#Cc1ccccc1S(=O)(=O)N1CCCC(CO)C1. The molecule has 21 heavy (non-hydrogen) atoms. The van der Waals surface area contributed by atoms with Gasteiger partial charge in [0.15, 0.2) is 0 Å². The topological polar surface area (TPSA) is 83.6 Å². The zero-order valence-electron chi connectivity index (χ0n) is 11.8. The van der Waals surface area contributed by atoms with Gasteiger partial charge in [-0.15, -0.1) is 0 Å². The van der Waals surface area contributed by atoms with Crippen molar-refractivity contribution < 1.29 is 13.5 Å². The number of aliphatic hydroxyl groups excluding tert-OH is 1. The van der Waals surface area contributed by atoms with Gasteiger partial charge >= 0.3 is 0 Å². The van der Waals surface area contributed by atoms with Crippen molar-refractivity contribution >= 4 is 10.0 Å². The number of piperidine rings is 1. The van der Waals surface area contributed by atoms with Crippen molar-refractivity contribution in [3.63, 3.8) is 0 Å². The predicted molar refractivity (Wildman–Crippen MR) is 80.9 cm³/mol. The third-order valence-electron chi connectivity index (χ3n) is 3.57. The fraction of sp³-hybridized carbons (Fsp3) is 0.467. The third-order valence-corrected chi connectivity index (χ3v) is 5.49. The van der Waals surface area contributed by atoms with E-state index in [-0.39, 0.29) is 24.0 Å². The van der Waals surface area contributed by atoms with Gasteiger partial charge in [-0.3, -0.25) is 0 Å². The van der Waals surface area contributed by atoms with E-state index in [2.05, 4.69) is 11.8 Å². The molecule has 114 valence electrons. The lowest BCUT2D eigenvalue weighted by molar-refractivity contribution is 0.165. The summed E-state index contributed by atoms with van der Waals surface area (Å²) in [5, 5.41) is 9.26. The molecule has 1 heterocycles. The number of rotatable bonds is 3. The van der Waals surface area contributed by atoms with Gasteiger partial charge in [0, 0.05) is 25.3 Å². The Morgan fingerprint density at radius 2 is 2.14 bits per heavy atom. The summed E-state index contributed by atoms with van der Waals surface area (Å²) in [7, 11) is -3.59. The lowest BCUT2D eigenvalue weighted by atomic mass is 10.0. The van der Waals surface area contributed by atoms with E-state index >= 15 is 0 Å². The molecule has 0 spiro atoms. The van der Waals surface area contributed by atoms with Gasteiger partial charge in [-0.05, 0) is 30.9 Å². The van der Waals surface area contributed by atoms with Gasteiger partial charge in [0.25, 0.3) is 0 Å². The predicted octanol–water partition coefficient (Wildman–Crippen LogP) is 0.390. The van der Waals surface area contributed by atoms with Crippen molar-refractivity contribution in [3.05, 3.63) is 29.8 Å². The van der Waals surface area contributed by atoms with Crippen molar-refractivity contribution in [2.45, 2.75) is 17.7 Å². The van der Waals surface area contributed by atoms with E-state index in [0.717, 1.165) is 12.8 Å². The van der Waals surface area contributed by atoms with Crippen molar-refractivity contribution in [2.24, 2.45) is 11.7 Å². The number of nitrogens with two attached hydrogens (primary N) is 1. The highest BCUT2D eigenvalue weighted by Crippen LogP contribution is 2.25. The molecule has 1 aromatic carbocycles. The first kappa shape index (κ1) is 16.0. The number of hydrogen-bond acceptors (Lipinski definition) is 4. The average molecular weight is 308 g/mol. The molecule has 2 rings (SSSR count). The zero-order chi connectivity index (χ0) is 15.3. The Morgan fingerprint density at radius 1 is 1.38 bits per heavy atom. The van der Waals surface area contributed by atoms with E-state index in [0.29, 0.717) is 18.7 Å². The van der Waals surface area contributed by atoms with Gasteiger partial charge in [0.1, 0.15) is 0 Å². The molecule has 0 radical (unpaired) electrons. The van der Waals surface area contributed by atoms with Crippen LogP contribution in [0.2, 0.25) is 0 Å². The molecule has 0 amide bonds. The van der Waals surface area contributed by atoms with Crippen molar-refractivity contribution in [2.75, 3.05) is 26.2 Å². The van der Waals surface area contributed by atoms with Crippen LogP contribution in [0.15, 0.2) is 29.2 Å². The lowest BCUT2D eigenvalue weighted by Gasteiger charge is -2.31. The molecule has 1 saturated heterocycles. The van der Waals surface area contributed by atoms with Gasteiger partial charge in [-0.2, -0.15) is 4.31 Å². The number of benzene rings is 1. The Morgan fingerprint density at radius 3 is 2.86 bits per heavy atom. The molecule has 1 unspecified atom stereocenters. The molecular weight excluding hydrogens is 288 g/mol. The molecule has 0 aliphatic carbocycles. The van der Waals surface area contributed by atoms with E-state index in [1.165, 1.54) is 4.31 Å². The standard InChI is InChI=1S/C15H20N2O3S/c16-9-3-7-14-6-1-2-8-15(14)21(19,20)17-10-4-5-13(11-17)12-18/h1-2,6,8,13,18H,4-5,9-12,16H2. The van der Waals surface area contributed by atoms with Crippen LogP contribution < -0.4 is 5.73 Å². The van der Waals surface area contributed by atoms with E-state index in [1.807, 2.05) is 0 Å². The second-order valence-corrected chi connectivity index (χ2v) is 6.96. The second-order valence-electron chi connectivity index (χ2n) is 5.06. The summed E-state index contributed by atoms with van der Waals surface area (Å²) in [6.45, 7) is 1.04. The van der Waals surface area contributed by atoms with Crippen molar-refractivity contribution in [1.29, 1.82) is 0 Å². The van der Waals surface area contributed by atoms with Crippen LogP contribution >= 0.6 is 0 Å². The van der Waals surface area contributed by atoms with Crippen molar-refractivity contribution in [3.8, 4) is 11.8 Å². The largest absolute Gasteiger partial charge is 0.396 e. The second kappa shape index (κ2) is 7.05. The maximum Gasteiger partial charge on any atom is 0.244 e. The highest BCUT2D eigenvalue weighted by molar-refractivity contribution is 7.89. The number of hydrogen-bond donors (Lipinski definition) is 2. The molecule has 0 aromatic heterocycles. The molecule has 1 aliphatic rings. The van der Waals surface area contributed by atoms with Crippen LogP contribution in [0.1, 0.15) is 18.4 Å². The van der Waals surface area contributed by atoms with Crippen LogP contribution in [0, 0.1) is 17.8 Å². The highest BCUT2D eigenvalue weighted by atomic mass is 32.2. The van der Waals surface area contributed by atoms with Gasteiger partial charge in [0.2, 0.25) is 10.0 Å². The van der Waals surface area contributed by atoms with Crippen LogP contribution in [0.25, 0.3) is 0 Å². The van der Waals surface area contributed by atoms with E-state index in [9.17, 15) is 13.5 Å². The smallest absolute Gasteiger partial charge is 0.244 e. The average Bonchev–Trinajstić information content (AvgIpc) is 2.53. The normalized spacial score (nSPS) is 19.8. The quantitative estimate of drug-likeness (QED) is 0.791. The maximum atomic E-state index is 12.8. The minimum atomic E-state index is -3.59. The fourth-order valence-corrected chi connectivity index (χ4v) is 4.18. The zero-order valence-corrected chi connectivity index (χ0v) is 12.6. The van der Waals surface area contributed by atoms with Gasteiger partial charge in [0.05, 0.1) is 11.4 Å².